The molecular formula is C26H28F3N7O2. The second kappa shape index (κ2) is 10.3. The van der Waals surface area contributed by atoms with Gasteiger partial charge in [-0.15, -0.1) is 0 Å². The maximum atomic E-state index is 14.1. The molecule has 1 aromatic carbocycles. The van der Waals surface area contributed by atoms with E-state index in [4.69, 9.17) is 20.4 Å². The predicted octanol–water partition coefficient (Wildman–Crippen LogP) is 3.63. The van der Waals surface area contributed by atoms with E-state index >= 15 is 0 Å². The van der Waals surface area contributed by atoms with E-state index in [1.165, 1.54) is 23.1 Å². The third-order valence-corrected chi connectivity index (χ3v) is 6.69. The van der Waals surface area contributed by atoms with Gasteiger partial charge in [-0.1, -0.05) is 0 Å². The smallest absolute Gasteiger partial charge is 0.319 e. The molecule has 38 heavy (non-hydrogen) atoms. The number of amides is 2. The average Bonchev–Trinajstić information content (AvgIpc) is 2.90. The van der Waals surface area contributed by atoms with Crippen LogP contribution in [0.3, 0.4) is 0 Å². The van der Waals surface area contributed by atoms with Crippen LogP contribution >= 0.6 is 0 Å². The van der Waals surface area contributed by atoms with E-state index in [2.05, 4.69) is 4.98 Å². The molecule has 9 nitrogen and oxygen atoms in total. The number of rotatable bonds is 4. The first kappa shape index (κ1) is 25.6. The van der Waals surface area contributed by atoms with E-state index in [0.717, 1.165) is 17.8 Å². The van der Waals surface area contributed by atoms with Crippen LogP contribution in [0.15, 0.2) is 30.3 Å². The molecule has 0 saturated carbocycles. The molecule has 0 bridgehead atoms. The second-order valence-electron chi connectivity index (χ2n) is 9.58. The number of aromatic nitrogens is 3. The van der Waals surface area contributed by atoms with Crippen molar-refractivity contribution in [2.24, 2.45) is 0 Å². The van der Waals surface area contributed by atoms with Crippen LogP contribution in [0.4, 0.5) is 29.6 Å². The first-order valence-electron chi connectivity index (χ1n) is 12.3. The number of carbonyl (C=O) groups excluding carboxylic acids is 1. The van der Waals surface area contributed by atoms with Gasteiger partial charge in [0.25, 0.3) is 0 Å². The Morgan fingerprint density at radius 3 is 2.45 bits per heavy atom. The monoisotopic (exact) mass is 527 g/mol. The molecular weight excluding hydrogens is 499 g/mol. The number of ether oxygens (including phenoxy) is 1. The van der Waals surface area contributed by atoms with Gasteiger partial charge < -0.3 is 25.2 Å². The summed E-state index contributed by atoms with van der Waals surface area (Å²) >= 11 is 0. The lowest BCUT2D eigenvalue weighted by Crippen LogP contribution is -2.43. The topological polar surface area (TPSA) is 101 Å². The van der Waals surface area contributed by atoms with Crippen molar-refractivity contribution in [3.8, 4) is 17.1 Å². The highest BCUT2D eigenvalue weighted by atomic mass is 19.1. The Kier molecular flexibility index (Phi) is 6.96. The van der Waals surface area contributed by atoms with Gasteiger partial charge in [-0.2, -0.15) is 0 Å². The van der Waals surface area contributed by atoms with Gasteiger partial charge in [-0.3, -0.25) is 0 Å². The zero-order valence-electron chi connectivity index (χ0n) is 21.1. The van der Waals surface area contributed by atoms with Crippen molar-refractivity contribution < 1.29 is 22.7 Å². The minimum absolute atomic E-state index is 0.0157. The predicted molar refractivity (Wildman–Crippen MR) is 135 cm³/mol. The van der Waals surface area contributed by atoms with Gasteiger partial charge in [0.2, 0.25) is 0 Å². The molecule has 2 aliphatic rings. The van der Waals surface area contributed by atoms with E-state index in [0.29, 0.717) is 68.3 Å². The lowest BCUT2D eigenvalue weighted by Gasteiger charge is -2.35. The van der Waals surface area contributed by atoms with Crippen molar-refractivity contribution in [2.45, 2.75) is 31.9 Å². The SMILES string of the molecule is CN(C)C(=O)N1CCc2nc(N3CCC(Oc4ccc(F)cc4F)CC3)c(-c3ccc(F)c(N)n3)nc2C1. The van der Waals surface area contributed by atoms with Crippen LogP contribution in [-0.4, -0.2) is 70.6 Å². The molecule has 1 fully saturated rings. The molecule has 2 aromatic heterocycles. The molecule has 0 atom stereocenters. The Morgan fingerprint density at radius 1 is 1.00 bits per heavy atom. The number of nitrogen functional groups attached to an aromatic ring is 1. The summed E-state index contributed by atoms with van der Waals surface area (Å²) in [7, 11) is 3.39. The summed E-state index contributed by atoms with van der Waals surface area (Å²) in [6.45, 7) is 1.88. The molecule has 0 spiro atoms. The molecule has 1 saturated heterocycles. The fourth-order valence-electron chi connectivity index (χ4n) is 4.69. The molecule has 0 aliphatic carbocycles. The third kappa shape index (κ3) is 5.15. The summed E-state index contributed by atoms with van der Waals surface area (Å²) in [5, 5.41) is 0. The summed E-state index contributed by atoms with van der Waals surface area (Å²) < 4.78 is 47.0. The van der Waals surface area contributed by atoms with Crippen molar-refractivity contribution in [1.82, 2.24) is 24.8 Å². The van der Waals surface area contributed by atoms with Crippen LogP contribution in [0, 0.1) is 17.5 Å². The van der Waals surface area contributed by atoms with E-state index in [1.807, 2.05) is 4.90 Å². The van der Waals surface area contributed by atoms with Gasteiger partial charge in [0.15, 0.2) is 29.0 Å². The quantitative estimate of drug-likeness (QED) is 0.553. The van der Waals surface area contributed by atoms with Gasteiger partial charge in [0.1, 0.15) is 17.6 Å². The van der Waals surface area contributed by atoms with Crippen molar-refractivity contribution in [2.75, 3.05) is 44.4 Å². The number of hydrogen-bond donors (Lipinski definition) is 1. The maximum absolute atomic E-state index is 14.1. The molecule has 2 aliphatic heterocycles. The van der Waals surface area contributed by atoms with Crippen LogP contribution in [0.1, 0.15) is 24.2 Å². The number of hydrogen-bond acceptors (Lipinski definition) is 7. The Hall–Kier alpha value is -4.09. The molecule has 5 rings (SSSR count). The van der Waals surface area contributed by atoms with E-state index in [-0.39, 0.29) is 23.7 Å². The number of halogens is 3. The summed E-state index contributed by atoms with van der Waals surface area (Å²) in [5.41, 5.74) is 8.01. The first-order valence-corrected chi connectivity index (χ1v) is 12.3. The van der Waals surface area contributed by atoms with E-state index < -0.39 is 17.5 Å². The summed E-state index contributed by atoms with van der Waals surface area (Å²) in [6.07, 6.45) is 1.42. The third-order valence-electron chi connectivity index (χ3n) is 6.69. The molecule has 12 heteroatoms. The number of nitrogens with zero attached hydrogens (tertiary/aromatic N) is 6. The number of anilines is 2. The summed E-state index contributed by atoms with van der Waals surface area (Å²) in [4.78, 5) is 31.8. The van der Waals surface area contributed by atoms with Gasteiger partial charge in [0.05, 0.1) is 23.6 Å². The normalized spacial score (nSPS) is 15.8. The minimum Gasteiger partial charge on any atom is -0.487 e. The highest BCUT2D eigenvalue weighted by Gasteiger charge is 2.30. The first-order chi connectivity index (χ1) is 18.2. The molecule has 2 N–H and O–H groups in total. The Bertz CT molecular complexity index is 1360. The molecule has 2 amide bonds. The van der Waals surface area contributed by atoms with Gasteiger partial charge in [0, 0.05) is 59.1 Å². The standard InChI is InChI=1S/C26H28F3N7O2/c1-34(2)26(37)36-12-9-19-21(14-36)31-23(20-5-4-17(28)24(30)32-20)25(33-19)35-10-7-16(8-11-35)38-22-6-3-15(27)13-18(22)29/h3-6,13,16H,7-12,14H2,1-2H3,(H2,30,32). The van der Waals surface area contributed by atoms with Crippen molar-refractivity contribution in [3.05, 3.63) is 59.2 Å². The average molecular weight is 528 g/mol. The van der Waals surface area contributed by atoms with Gasteiger partial charge in [-0.25, -0.2) is 32.9 Å². The van der Waals surface area contributed by atoms with Gasteiger partial charge in [-0.05, 0) is 24.3 Å². The number of urea groups is 1. The Balaban J connectivity index is 1.42. The lowest BCUT2D eigenvalue weighted by atomic mass is 10.1. The van der Waals surface area contributed by atoms with Crippen LogP contribution in [-0.2, 0) is 13.0 Å². The highest BCUT2D eigenvalue weighted by molar-refractivity contribution is 5.75. The van der Waals surface area contributed by atoms with Crippen molar-refractivity contribution >= 4 is 17.7 Å². The number of fused-ring (bicyclic) bond motifs is 1. The highest BCUT2D eigenvalue weighted by Crippen LogP contribution is 2.33. The zero-order valence-corrected chi connectivity index (χ0v) is 21.1. The summed E-state index contributed by atoms with van der Waals surface area (Å²) in [5.74, 6) is -1.67. The largest absolute Gasteiger partial charge is 0.487 e. The fourth-order valence-corrected chi connectivity index (χ4v) is 4.69. The Labute approximate surface area is 218 Å². The number of benzene rings is 1. The Morgan fingerprint density at radius 2 is 1.76 bits per heavy atom. The van der Waals surface area contributed by atoms with Crippen LogP contribution < -0.4 is 15.4 Å². The fraction of sp³-hybridized carbons (Fsp3) is 0.385. The summed E-state index contributed by atoms with van der Waals surface area (Å²) in [6, 6.07) is 5.88. The molecule has 0 unspecified atom stereocenters. The molecule has 200 valence electrons. The number of piperidine rings is 1. The molecule has 0 radical (unpaired) electrons. The number of nitrogens with two attached hydrogens (primary N) is 1. The van der Waals surface area contributed by atoms with Crippen LogP contribution in [0.2, 0.25) is 0 Å². The van der Waals surface area contributed by atoms with Crippen LogP contribution in [0.25, 0.3) is 11.4 Å². The van der Waals surface area contributed by atoms with Gasteiger partial charge >= 0.3 is 6.03 Å². The molecule has 3 aromatic rings. The second-order valence-corrected chi connectivity index (χ2v) is 9.58. The van der Waals surface area contributed by atoms with Crippen molar-refractivity contribution in [1.29, 1.82) is 0 Å². The minimum atomic E-state index is -0.739. The van der Waals surface area contributed by atoms with Crippen molar-refractivity contribution in [3.63, 3.8) is 0 Å². The van der Waals surface area contributed by atoms with Crippen LogP contribution in [0.5, 0.6) is 5.75 Å². The maximum Gasteiger partial charge on any atom is 0.319 e. The van der Waals surface area contributed by atoms with E-state index in [9.17, 15) is 18.0 Å². The lowest BCUT2D eigenvalue weighted by molar-refractivity contribution is 0.163. The zero-order chi connectivity index (χ0) is 27.0. The number of pyridine rings is 1. The number of carbonyl (C=O) groups is 1. The molecule has 4 heterocycles. The van der Waals surface area contributed by atoms with E-state index in [1.54, 1.807) is 19.0 Å².